The van der Waals surface area contributed by atoms with Gasteiger partial charge in [0.15, 0.2) is 0 Å². The van der Waals surface area contributed by atoms with Gasteiger partial charge < -0.3 is 5.11 Å². The molecule has 2 nitrogen and oxygen atoms in total. The maximum absolute atomic E-state index is 10.1. The summed E-state index contributed by atoms with van der Waals surface area (Å²) in [5, 5.41) is 10.1. The predicted molar refractivity (Wildman–Crippen MR) is 134 cm³/mol. The molecule has 0 aliphatic heterocycles. The highest BCUT2D eigenvalue weighted by Crippen LogP contribution is 2.66. The van der Waals surface area contributed by atoms with Crippen LogP contribution in [0, 0.1) is 11.8 Å². The van der Waals surface area contributed by atoms with Gasteiger partial charge in [-0.25, -0.2) is 0 Å². The first-order valence-electron chi connectivity index (χ1n) is 11.7. The predicted octanol–water partition coefficient (Wildman–Crippen LogP) is 7.69. The van der Waals surface area contributed by atoms with Crippen LogP contribution >= 0.6 is 15.9 Å². The Balaban J connectivity index is 1.29. The normalized spacial score (nSPS) is 30.8. The van der Waals surface area contributed by atoms with E-state index in [0.29, 0.717) is 16.4 Å². The molecule has 4 aliphatic rings. The monoisotopic (exact) mass is 485 g/mol. The smallest absolute Gasteiger partial charge is 0.124 e. The van der Waals surface area contributed by atoms with Gasteiger partial charge in [-0.2, -0.15) is 0 Å². The van der Waals surface area contributed by atoms with Crippen molar-refractivity contribution >= 4 is 27.8 Å². The zero-order valence-corrected chi connectivity index (χ0v) is 19.8. The van der Waals surface area contributed by atoms with E-state index in [0.717, 1.165) is 22.0 Å². The molecule has 0 spiro atoms. The Morgan fingerprint density at radius 1 is 0.812 bits per heavy atom. The quantitative estimate of drug-likeness (QED) is 0.377. The number of halogens is 1. The van der Waals surface area contributed by atoms with Crippen LogP contribution in [0.25, 0.3) is 0 Å². The van der Waals surface area contributed by atoms with Crippen LogP contribution < -0.4 is 0 Å². The second-order valence-electron chi connectivity index (χ2n) is 10.4. The van der Waals surface area contributed by atoms with Crippen molar-refractivity contribution < 1.29 is 5.11 Å². The Bertz CT molecular complexity index is 1150. The van der Waals surface area contributed by atoms with Crippen LogP contribution in [0.2, 0.25) is 0 Å². The zero-order valence-electron chi connectivity index (χ0n) is 18.2. The molecule has 7 rings (SSSR count). The summed E-state index contributed by atoms with van der Waals surface area (Å²) in [5.74, 6) is 1.95. The molecule has 3 aromatic rings. The summed E-state index contributed by atoms with van der Waals surface area (Å²) in [4.78, 5) is 4.62. The first kappa shape index (κ1) is 20.2. The molecular formula is C29H28BrNO. The number of aromatic hydroxyl groups is 1. The van der Waals surface area contributed by atoms with E-state index in [1.165, 1.54) is 44.1 Å². The van der Waals surface area contributed by atoms with Crippen LogP contribution in [-0.2, 0) is 10.8 Å². The summed E-state index contributed by atoms with van der Waals surface area (Å²) >= 11 is 3.46. The third kappa shape index (κ3) is 3.42. The van der Waals surface area contributed by atoms with Crippen molar-refractivity contribution in [2.24, 2.45) is 16.8 Å². The molecule has 0 aromatic heterocycles. The molecule has 3 aromatic carbocycles. The minimum Gasteiger partial charge on any atom is -0.507 e. The van der Waals surface area contributed by atoms with E-state index >= 15 is 0 Å². The number of aliphatic imine (C=N–C) groups is 1. The molecule has 2 atom stereocenters. The molecule has 4 saturated carbocycles. The Morgan fingerprint density at radius 2 is 1.44 bits per heavy atom. The second-order valence-corrected chi connectivity index (χ2v) is 11.3. The Labute approximate surface area is 198 Å². The molecule has 0 radical (unpaired) electrons. The standard InChI is InChI=1S/C29H28BrNO/c30-25-8-11-27(32)22(13-25)18-31-26-9-6-24(7-10-26)29-16-20-12-21(17-29)15-28(14-20,19-29)23-4-2-1-3-5-23/h1-11,13,18,20-21,32H,12,14-17,19H2. The summed E-state index contributed by atoms with van der Waals surface area (Å²) in [6.45, 7) is 0. The van der Waals surface area contributed by atoms with Gasteiger partial charge in [0.2, 0.25) is 0 Å². The molecule has 2 unspecified atom stereocenters. The fourth-order valence-corrected chi connectivity index (χ4v) is 7.78. The number of phenolic OH excluding ortho intramolecular Hbond substituents is 1. The van der Waals surface area contributed by atoms with Gasteiger partial charge in [0, 0.05) is 16.3 Å². The number of hydrogen-bond donors (Lipinski definition) is 1. The van der Waals surface area contributed by atoms with Crippen LogP contribution in [0.5, 0.6) is 5.75 Å². The number of phenols is 1. The maximum atomic E-state index is 10.1. The molecule has 0 saturated heterocycles. The molecule has 0 heterocycles. The van der Waals surface area contributed by atoms with E-state index in [4.69, 9.17) is 0 Å². The Hall–Kier alpha value is -2.39. The summed E-state index contributed by atoms with van der Waals surface area (Å²) < 4.78 is 0.932. The van der Waals surface area contributed by atoms with Crippen molar-refractivity contribution in [2.45, 2.75) is 49.4 Å². The van der Waals surface area contributed by atoms with Crippen LogP contribution in [-0.4, -0.2) is 11.3 Å². The van der Waals surface area contributed by atoms with E-state index < -0.39 is 0 Å². The molecule has 3 heteroatoms. The largest absolute Gasteiger partial charge is 0.507 e. The highest BCUT2D eigenvalue weighted by atomic mass is 79.9. The molecule has 4 aliphatic carbocycles. The SMILES string of the molecule is Oc1ccc(Br)cc1C=Nc1ccc(C23CC4CC(CC(c5ccccc5)(C4)C2)C3)cc1. The Kier molecular flexibility index (Phi) is 4.80. The summed E-state index contributed by atoms with van der Waals surface area (Å²) in [6.07, 6.45) is 9.87. The van der Waals surface area contributed by atoms with Gasteiger partial charge in [0.05, 0.1) is 5.69 Å². The van der Waals surface area contributed by atoms with Crippen LogP contribution in [0.3, 0.4) is 0 Å². The lowest BCUT2D eigenvalue weighted by Gasteiger charge is -2.62. The van der Waals surface area contributed by atoms with Crippen molar-refractivity contribution in [3.8, 4) is 5.75 Å². The first-order valence-corrected chi connectivity index (χ1v) is 12.5. The summed E-state index contributed by atoms with van der Waals surface area (Å²) in [5.41, 5.74) is 5.38. The lowest BCUT2D eigenvalue weighted by Crippen LogP contribution is -2.55. The average Bonchev–Trinajstić information content (AvgIpc) is 2.80. The molecule has 162 valence electrons. The lowest BCUT2D eigenvalue weighted by atomic mass is 9.42. The topological polar surface area (TPSA) is 32.6 Å². The number of benzene rings is 3. The molecular weight excluding hydrogens is 458 g/mol. The number of nitrogens with zero attached hydrogens (tertiary/aromatic N) is 1. The lowest BCUT2D eigenvalue weighted by molar-refractivity contribution is -0.0281. The highest BCUT2D eigenvalue weighted by Gasteiger charge is 2.58. The van der Waals surface area contributed by atoms with E-state index in [1.807, 2.05) is 12.1 Å². The Morgan fingerprint density at radius 3 is 2.09 bits per heavy atom. The van der Waals surface area contributed by atoms with E-state index in [2.05, 4.69) is 75.5 Å². The average molecular weight is 486 g/mol. The minimum atomic E-state index is 0.244. The van der Waals surface area contributed by atoms with E-state index in [1.54, 1.807) is 17.8 Å². The highest BCUT2D eigenvalue weighted by molar-refractivity contribution is 9.10. The fourth-order valence-electron chi connectivity index (χ4n) is 7.40. The van der Waals surface area contributed by atoms with Gasteiger partial charge in [-0.1, -0.05) is 58.4 Å². The van der Waals surface area contributed by atoms with Gasteiger partial charge in [-0.15, -0.1) is 0 Å². The first-order chi connectivity index (χ1) is 15.5. The summed E-state index contributed by atoms with van der Waals surface area (Å²) in [6, 6.07) is 25.7. The molecule has 0 amide bonds. The summed E-state index contributed by atoms with van der Waals surface area (Å²) in [7, 11) is 0. The van der Waals surface area contributed by atoms with Crippen LogP contribution in [0.1, 0.15) is 55.2 Å². The van der Waals surface area contributed by atoms with Gasteiger partial charge in [-0.05, 0) is 103 Å². The van der Waals surface area contributed by atoms with E-state index in [9.17, 15) is 5.11 Å². The van der Waals surface area contributed by atoms with Crippen LogP contribution in [0.4, 0.5) is 5.69 Å². The number of hydrogen-bond acceptors (Lipinski definition) is 2. The molecule has 32 heavy (non-hydrogen) atoms. The van der Waals surface area contributed by atoms with E-state index in [-0.39, 0.29) is 5.75 Å². The van der Waals surface area contributed by atoms with Crippen molar-refractivity contribution in [1.29, 1.82) is 0 Å². The third-order valence-corrected chi connectivity index (χ3v) is 8.76. The molecule has 1 N–H and O–H groups in total. The van der Waals surface area contributed by atoms with Gasteiger partial charge in [-0.3, -0.25) is 4.99 Å². The molecule has 4 fully saturated rings. The zero-order chi connectivity index (χ0) is 21.8. The van der Waals surface area contributed by atoms with Crippen molar-refractivity contribution in [3.63, 3.8) is 0 Å². The van der Waals surface area contributed by atoms with Gasteiger partial charge in [0.1, 0.15) is 5.75 Å². The van der Waals surface area contributed by atoms with Crippen molar-refractivity contribution in [1.82, 2.24) is 0 Å². The maximum Gasteiger partial charge on any atom is 0.124 e. The van der Waals surface area contributed by atoms with Gasteiger partial charge in [0.25, 0.3) is 0 Å². The van der Waals surface area contributed by atoms with Crippen molar-refractivity contribution in [3.05, 3.63) is 94.0 Å². The van der Waals surface area contributed by atoms with Gasteiger partial charge >= 0.3 is 0 Å². The fraction of sp³-hybridized carbons (Fsp3) is 0.345. The van der Waals surface area contributed by atoms with Crippen LogP contribution in [0.15, 0.2) is 82.3 Å². The third-order valence-electron chi connectivity index (χ3n) is 8.27. The second kappa shape index (κ2) is 7.59. The molecule has 4 bridgehead atoms. The van der Waals surface area contributed by atoms with Crippen molar-refractivity contribution in [2.75, 3.05) is 0 Å². The number of rotatable bonds is 4. The minimum absolute atomic E-state index is 0.244.